The van der Waals surface area contributed by atoms with Gasteiger partial charge in [-0.1, -0.05) is 0 Å². The van der Waals surface area contributed by atoms with E-state index in [-0.39, 0.29) is 0 Å². The lowest BCUT2D eigenvalue weighted by atomic mass is 10.6. The van der Waals surface area contributed by atoms with Crippen LogP contribution in [0.15, 0.2) is 0 Å². The van der Waals surface area contributed by atoms with Gasteiger partial charge in [0.25, 0.3) is 0 Å². The maximum Gasteiger partial charge on any atom is 0.308 e. The monoisotopic (exact) mass is 90.0 g/mol. The zero-order valence-electron chi connectivity index (χ0n) is 2.80. The van der Waals surface area contributed by atoms with Crippen LogP contribution in [-0.2, 0) is 8.28 Å². The predicted molar refractivity (Wildman–Crippen MR) is 21.4 cm³/mol. The van der Waals surface area contributed by atoms with Crippen LogP contribution in [0.1, 0.15) is 0 Å². The predicted octanol–water partition coefficient (Wildman–Crippen LogP) is 0.296. The molecule has 0 fully saturated rings. The van der Waals surface area contributed by atoms with Gasteiger partial charge in [-0.25, -0.2) is 0 Å². The summed E-state index contributed by atoms with van der Waals surface area (Å²) in [6.07, 6.45) is 0. The molecule has 0 atom stereocenters. The first-order chi connectivity index (χ1) is 2.41. The van der Waals surface area contributed by atoms with Gasteiger partial charge >= 0.3 is 8.05 Å². The fourth-order valence-corrected chi connectivity index (χ4v) is 0.118. The van der Waals surface area contributed by atoms with E-state index in [0.717, 1.165) is 12.3 Å². The lowest BCUT2D eigenvalue weighted by Crippen LogP contribution is -1.67. The molecule has 5 heavy (non-hydrogen) atoms. The second-order valence-corrected chi connectivity index (χ2v) is 0.993. The van der Waals surface area contributed by atoms with Crippen LogP contribution in [0.25, 0.3) is 0 Å². The van der Waals surface area contributed by atoms with Crippen LogP contribution in [0, 0.1) is 0 Å². The number of hydrogen-bond acceptors (Lipinski definition) is 3. The zero-order valence-corrected chi connectivity index (χ0v) is 3.62. The quantitative estimate of drug-likeness (QED) is 0.358. The highest BCUT2D eigenvalue weighted by Gasteiger charge is 1.66. The second kappa shape index (κ2) is 4.33. The standard InChI is InChI=1S/CH3BO2S/c1-3-5-4-2/h1H3. The summed E-state index contributed by atoms with van der Waals surface area (Å²) in [4.78, 5) is 0. The van der Waals surface area contributed by atoms with Crippen LogP contribution in [0.3, 0.4) is 0 Å². The SMILES string of the molecule is [B]OSOC. The number of rotatable bonds is 2. The van der Waals surface area contributed by atoms with Crippen molar-refractivity contribution >= 4 is 20.4 Å². The molecule has 0 aliphatic rings. The average Bonchev–Trinajstić information content (AvgIpc) is 1.41. The zero-order chi connectivity index (χ0) is 4.12. The smallest absolute Gasteiger partial charge is 0.308 e. The normalized spacial score (nSPS) is 8.20. The van der Waals surface area contributed by atoms with Crippen molar-refractivity contribution in [1.29, 1.82) is 0 Å². The van der Waals surface area contributed by atoms with Gasteiger partial charge in [0.05, 0.1) is 7.11 Å². The molecule has 0 bridgehead atoms. The van der Waals surface area contributed by atoms with Gasteiger partial charge in [0, 0.05) is 0 Å². The topological polar surface area (TPSA) is 18.5 Å². The summed E-state index contributed by atoms with van der Waals surface area (Å²) in [5.74, 6) is 0. The Morgan fingerprint density at radius 1 is 1.80 bits per heavy atom. The molecule has 0 aliphatic heterocycles. The first-order valence-corrected chi connectivity index (χ1v) is 1.64. The first kappa shape index (κ1) is 5.33. The molecule has 2 radical (unpaired) electrons. The van der Waals surface area contributed by atoms with Crippen molar-refractivity contribution in [3.05, 3.63) is 0 Å². The minimum Gasteiger partial charge on any atom is -0.368 e. The molecule has 0 heterocycles. The van der Waals surface area contributed by atoms with Gasteiger partial charge in [0.2, 0.25) is 0 Å². The minimum absolute atomic E-state index is 0.741. The highest BCUT2D eigenvalue weighted by Crippen LogP contribution is 1.94. The fraction of sp³-hybridized carbons (Fsp3) is 1.00. The molecule has 2 nitrogen and oxygen atoms in total. The Morgan fingerprint density at radius 3 is 2.40 bits per heavy atom. The van der Waals surface area contributed by atoms with Crippen molar-refractivity contribution in [3.63, 3.8) is 0 Å². The lowest BCUT2D eigenvalue weighted by molar-refractivity contribution is 0.448. The molecule has 0 N–H and O–H groups in total. The summed E-state index contributed by atoms with van der Waals surface area (Å²) in [5, 5.41) is 0. The minimum atomic E-state index is 0.741. The van der Waals surface area contributed by atoms with Crippen LogP contribution >= 0.6 is 12.3 Å². The van der Waals surface area contributed by atoms with Crippen molar-refractivity contribution in [2.45, 2.75) is 0 Å². The molecule has 0 aromatic carbocycles. The third kappa shape index (κ3) is 4.33. The molecule has 0 unspecified atom stereocenters. The Hall–Kier alpha value is 0.335. The molecule has 0 aromatic rings. The van der Waals surface area contributed by atoms with E-state index in [0.29, 0.717) is 0 Å². The Kier molecular flexibility index (Phi) is 4.63. The van der Waals surface area contributed by atoms with Gasteiger partial charge in [-0.05, 0) is 0 Å². The van der Waals surface area contributed by atoms with E-state index in [9.17, 15) is 0 Å². The number of hydrogen-bond donors (Lipinski definition) is 0. The van der Waals surface area contributed by atoms with Crippen molar-refractivity contribution in [1.82, 2.24) is 0 Å². The Balaban J connectivity index is 2.19. The molecule has 4 heteroatoms. The summed E-state index contributed by atoms with van der Waals surface area (Å²) in [6.45, 7) is 0. The van der Waals surface area contributed by atoms with Crippen molar-refractivity contribution in [2.75, 3.05) is 7.11 Å². The highest BCUT2D eigenvalue weighted by atomic mass is 32.2. The van der Waals surface area contributed by atoms with Gasteiger partial charge in [-0.15, -0.1) is 0 Å². The van der Waals surface area contributed by atoms with Crippen LogP contribution in [0.5, 0.6) is 0 Å². The Bertz CT molecular complexity index is 17.1. The molecule has 0 saturated carbocycles. The van der Waals surface area contributed by atoms with E-state index < -0.39 is 0 Å². The summed E-state index contributed by atoms with van der Waals surface area (Å²) in [5.41, 5.74) is 0. The van der Waals surface area contributed by atoms with Gasteiger partial charge in [-0.3, -0.25) is 4.18 Å². The summed E-state index contributed by atoms with van der Waals surface area (Å²) in [7, 11) is 5.95. The van der Waals surface area contributed by atoms with E-state index in [1.807, 2.05) is 0 Å². The molecule has 28 valence electrons. The summed E-state index contributed by atoms with van der Waals surface area (Å²) < 4.78 is 8.15. The van der Waals surface area contributed by atoms with Gasteiger partial charge in [0.1, 0.15) is 12.3 Å². The van der Waals surface area contributed by atoms with E-state index >= 15 is 0 Å². The van der Waals surface area contributed by atoms with Gasteiger partial charge < -0.3 is 4.10 Å². The largest absolute Gasteiger partial charge is 0.368 e. The van der Waals surface area contributed by atoms with Crippen molar-refractivity contribution in [3.8, 4) is 0 Å². The molecule has 0 spiro atoms. The second-order valence-electron chi connectivity index (χ2n) is 0.331. The molecular formula is CH3BO2S. The van der Waals surface area contributed by atoms with Crippen LogP contribution < -0.4 is 0 Å². The Labute approximate surface area is 36.7 Å². The van der Waals surface area contributed by atoms with Crippen molar-refractivity contribution in [2.24, 2.45) is 0 Å². The first-order valence-electron chi connectivity index (χ1n) is 0.977. The molecule has 0 amide bonds. The third-order valence-electron chi connectivity index (χ3n) is 0.107. The van der Waals surface area contributed by atoms with Crippen LogP contribution in [-0.4, -0.2) is 15.2 Å². The maximum absolute atomic E-state index is 4.48. The molecular weight excluding hydrogens is 86.9 g/mol. The van der Waals surface area contributed by atoms with Crippen molar-refractivity contribution < 1.29 is 8.28 Å². The molecule has 0 aliphatic carbocycles. The average molecular weight is 89.9 g/mol. The summed E-state index contributed by atoms with van der Waals surface area (Å²) in [6, 6.07) is 0. The van der Waals surface area contributed by atoms with Gasteiger partial charge in [0.15, 0.2) is 0 Å². The summed E-state index contributed by atoms with van der Waals surface area (Å²) >= 11 is 0.741. The highest BCUT2D eigenvalue weighted by molar-refractivity contribution is 7.90. The van der Waals surface area contributed by atoms with E-state index in [4.69, 9.17) is 0 Å². The van der Waals surface area contributed by atoms with E-state index in [1.165, 1.54) is 7.11 Å². The van der Waals surface area contributed by atoms with Gasteiger partial charge in [-0.2, -0.15) is 0 Å². The van der Waals surface area contributed by atoms with Crippen LogP contribution in [0.2, 0.25) is 0 Å². The fourth-order valence-electron chi connectivity index (χ4n) is 0.0393. The molecule has 0 aromatic heterocycles. The molecule has 0 rings (SSSR count). The maximum atomic E-state index is 4.48. The Morgan fingerprint density at radius 2 is 2.40 bits per heavy atom. The van der Waals surface area contributed by atoms with E-state index in [1.54, 1.807) is 0 Å². The van der Waals surface area contributed by atoms with Crippen LogP contribution in [0.4, 0.5) is 0 Å². The lowest BCUT2D eigenvalue weighted by Gasteiger charge is -1.84. The van der Waals surface area contributed by atoms with E-state index in [2.05, 4.69) is 16.3 Å². The molecule has 0 saturated heterocycles. The third-order valence-corrected chi connectivity index (χ3v) is 0.322.